The zero-order chi connectivity index (χ0) is 19.6. The Hall–Kier alpha value is -2.95. The molecule has 0 bridgehead atoms. The van der Waals surface area contributed by atoms with Gasteiger partial charge in [-0.3, -0.25) is 15.0 Å². The molecule has 3 rings (SSSR count). The largest absolute Gasteiger partial charge is 0.280 e. The molecule has 0 atom stereocenters. The molecule has 5 nitrogen and oxygen atoms in total. The van der Waals surface area contributed by atoms with Crippen LogP contribution in [0.3, 0.4) is 0 Å². The van der Waals surface area contributed by atoms with Gasteiger partial charge in [0.2, 0.25) is 5.91 Å². The van der Waals surface area contributed by atoms with Crippen molar-refractivity contribution in [3.63, 3.8) is 0 Å². The molecule has 140 valence electrons. The van der Waals surface area contributed by atoms with Crippen LogP contribution in [0.5, 0.6) is 0 Å². The van der Waals surface area contributed by atoms with Crippen molar-refractivity contribution in [2.45, 2.75) is 46.0 Å². The van der Waals surface area contributed by atoms with E-state index in [1.165, 1.54) is 4.68 Å². The average Bonchev–Trinajstić information content (AvgIpc) is 2.63. The van der Waals surface area contributed by atoms with E-state index in [1.807, 2.05) is 49.4 Å². The van der Waals surface area contributed by atoms with E-state index in [1.54, 1.807) is 6.07 Å². The van der Waals surface area contributed by atoms with Crippen molar-refractivity contribution in [1.29, 1.82) is 0 Å². The number of fused-ring (bicyclic) bond motifs is 1. The van der Waals surface area contributed by atoms with Crippen molar-refractivity contribution >= 4 is 16.8 Å². The first-order valence-electron chi connectivity index (χ1n) is 9.20. The minimum Gasteiger partial charge on any atom is -0.273 e. The summed E-state index contributed by atoms with van der Waals surface area (Å²) in [5, 5.41) is 0.514. The van der Waals surface area contributed by atoms with E-state index >= 15 is 0 Å². The lowest BCUT2D eigenvalue weighted by Gasteiger charge is -2.22. The molecule has 27 heavy (non-hydrogen) atoms. The summed E-state index contributed by atoms with van der Waals surface area (Å²) in [7, 11) is 0. The van der Waals surface area contributed by atoms with Crippen LogP contribution < -0.4 is 11.0 Å². The number of amides is 1. The molecule has 0 unspecified atom stereocenters. The number of hydrogen-bond acceptors (Lipinski definition) is 3. The van der Waals surface area contributed by atoms with E-state index in [9.17, 15) is 9.59 Å². The molecule has 0 aliphatic carbocycles. The van der Waals surface area contributed by atoms with Crippen LogP contribution in [0.1, 0.15) is 44.6 Å². The Morgan fingerprint density at radius 3 is 2.41 bits per heavy atom. The molecule has 2 aromatic carbocycles. The standard InChI is InChI=1S/C22H25N3O2/c1-5-18-23-20-16(12-9-13-17(20)22(2,3)4)21(27)25(18)24-19(26)14-15-10-7-6-8-11-15/h6-13H,5,14H2,1-4H3,(H,24,26). The molecule has 1 N–H and O–H groups in total. The van der Waals surface area contributed by atoms with Crippen LogP contribution in [0, 0.1) is 0 Å². The quantitative estimate of drug-likeness (QED) is 0.771. The summed E-state index contributed by atoms with van der Waals surface area (Å²) in [5.41, 5.74) is 4.98. The Morgan fingerprint density at radius 2 is 1.78 bits per heavy atom. The summed E-state index contributed by atoms with van der Waals surface area (Å²) < 4.78 is 1.29. The van der Waals surface area contributed by atoms with Gasteiger partial charge in [-0.1, -0.05) is 70.2 Å². The first-order chi connectivity index (χ1) is 12.8. The number of aromatic nitrogens is 2. The van der Waals surface area contributed by atoms with E-state index in [4.69, 9.17) is 4.98 Å². The second kappa shape index (κ2) is 7.35. The van der Waals surface area contributed by atoms with Crippen molar-refractivity contribution in [3.05, 3.63) is 75.8 Å². The number of nitrogens with zero attached hydrogens (tertiary/aromatic N) is 2. The molecule has 1 amide bonds. The van der Waals surface area contributed by atoms with E-state index in [2.05, 4.69) is 26.2 Å². The predicted octanol–water partition coefficient (Wildman–Crippen LogP) is 3.57. The number of para-hydroxylation sites is 1. The van der Waals surface area contributed by atoms with Crippen LogP contribution in [-0.2, 0) is 23.1 Å². The molecule has 0 spiro atoms. The fourth-order valence-electron chi connectivity index (χ4n) is 3.16. The molecular formula is C22H25N3O2. The monoisotopic (exact) mass is 363 g/mol. The molecule has 3 aromatic rings. The van der Waals surface area contributed by atoms with Crippen LogP contribution in [-0.4, -0.2) is 15.6 Å². The molecule has 1 aromatic heterocycles. The van der Waals surface area contributed by atoms with Crippen LogP contribution in [0.4, 0.5) is 0 Å². The number of aryl methyl sites for hydroxylation is 1. The Morgan fingerprint density at radius 1 is 1.07 bits per heavy atom. The van der Waals surface area contributed by atoms with Gasteiger partial charge in [0.25, 0.3) is 5.56 Å². The number of benzene rings is 2. The summed E-state index contributed by atoms with van der Waals surface area (Å²) in [5.74, 6) is 0.303. The van der Waals surface area contributed by atoms with Gasteiger partial charge >= 0.3 is 0 Å². The van der Waals surface area contributed by atoms with Crippen molar-refractivity contribution < 1.29 is 4.79 Å². The molecule has 1 heterocycles. The van der Waals surface area contributed by atoms with E-state index < -0.39 is 0 Å². The third kappa shape index (κ3) is 3.92. The van der Waals surface area contributed by atoms with Crippen LogP contribution in [0.2, 0.25) is 0 Å². The number of rotatable bonds is 4. The van der Waals surface area contributed by atoms with Gasteiger partial charge in [0, 0.05) is 6.42 Å². The summed E-state index contributed by atoms with van der Waals surface area (Å²) >= 11 is 0. The van der Waals surface area contributed by atoms with Crippen molar-refractivity contribution in [1.82, 2.24) is 9.66 Å². The van der Waals surface area contributed by atoms with Gasteiger partial charge in [-0.05, 0) is 22.6 Å². The molecule has 0 radical (unpaired) electrons. The number of carbonyl (C=O) groups is 1. The fourth-order valence-corrected chi connectivity index (χ4v) is 3.16. The zero-order valence-electron chi connectivity index (χ0n) is 16.2. The summed E-state index contributed by atoms with van der Waals surface area (Å²) in [6.07, 6.45) is 0.742. The predicted molar refractivity (Wildman–Crippen MR) is 109 cm³/mol. The SMILES string of the molecule is CCc1nc2c(C(C)(C)C)cccc2c(=O)n1NC(=O)Cc1ccccc1. The second-order valence-electron chi connectivity index (χ2n) is 7.67. The molecule has 0 saturated carbocycles. The smallest absolute Gasteiger partial charge is 0.273 e. The van der Waals surface area contributed by atoms with Gasteiger partial charge in [0.15, 0.2) is 0 Å². The van der Waals surface area contributed by atoms with Crippen molar-refractivity contribution in [2.75, 3.05) is 5.43 Å². The maximum absolute atomic E-state index is 13.1. The lowest BCUT2D eigenvalue weighted by atomic mass is 9.85. The van der Waals surface area contributed by atoms with Gasteiger partial charge in [0.05, 0.1) is 17.3 Å². The highest BCUT2D eigenvalue weighted by molar-refractivity contribution is 5.87. The average molecular weight is 363 g/mol. The summed E-state index contributed by atoms with van der Waals surface area (Å²) in [6, 6.07) is 15.1. The van der Waals surface area contributed by atoms with Gasteiger partial charge in [-0.15, -0.1) is 0 Å². The van der Waals surface area contributed by atoms with Crippen molar-refractivity contribution in [2.24, 2.45) is 0 Å². The molecule has 0 aliphatic rings. The normalized spacial score (nSPS) is 11.6. The second-order valence-corrected chi connectivity index (χ2v) is 7.67. The molecule has 5 heteroatoms. The highest BCUT2D eigenvalue weighted by atomic mass is 16.2. The van der Waals surface area contributed by atoms with Gasteiger partial charge in [-0.2, -0.15) is 0 Å². The maximum atomic E-state index is 13.1. The van der Waals surface area contributed by atoms with Gasteiger partial charge < -0.3 is 0 Å². The minimum absolute atomic E-state index is 0.132. The summed E-state index contributed by atoms with van der Waals surface area (Å²) in [6.45, 7) is 8.22. The highest BCUT2D eigenvalue weighted by Gasteiger charge is 2.21. The highest BCUT2D eigenvalue weighted by Crippen LogP contribution is 2.27. The topological polar surface area (TPSA) is 64.0 Å². The molecule has 0 saturated heterocycles. The first-order valence-corrected chi connectivity index (χ1v) is 9.20. The minimum atomic E-state index is -0.246. The number of hydrogen-bond donors (Lipinski definition) is 1. The van der Waals surface area contributed by atoms with E-state index in [0.717, 1.165) is 11.1 Å². The van der Waals surface area contributed by atoms with E-state index in [-0.39, 0.29) is 23.3 Å². The number of nitrogens with one attached hydrogen (secondary N) is 1. The lowest BCUT2D eigenvalue weighted by molar-refractivity contribution is -0.116. The Balaban J connectivity index is 2.04. The van der Waals surface area contributed by atoms with Crippen molar-refractivity contribution in [3.8, 4) is 0 Å². The van der Waals surface area contributed by atoms with Crippen LogP contribution >= 0.6 is 0 Å². The Bertz CT molecular complexity index is 1030. The number of carbonyl (C=O) groups excluding carboxylic acids is 1. The third-order valence-corrected chi connectivity index (χ3v) is 4.54. The van der Waals surface area contributed by atoms with Gasteiger partial charge in [0.1, 0.15) is 5.82 Å². The Kier molecular flexibility index (Phi) is 5.13. The molecule has 0 fully saturated rings. The van der Waals surface area contributed by atoms with E-state index in [0.29, 0.717) is 23.1 Å². The van der Waals surface area contributed by atoms with Gasteiger partial charge in [-0.25, -0.2) is 9.66 Å². The zero-order valence-corrected chi connectivity index (χ0v) is 16.2. The van der Waals surface area contributed by atoms with Crippen LogP contribution in [0.15, 0.2) is 53.3 Å². The first kappa shape index (κ1) is 18.8. The fraction of sp³-hybridized carbons (Fsp3) is 0.318. The van der Waals surface area contributed by atoms with Crippen LogP contribution in [0.25, 0.3) is 10.9 Å². The molecular weight excluding hydrogens is 338 g/mol. The third-order valence-electron chi connectivity index (χ3n) is 4.54. The lowest BCUT2D eigenvalue weighted by Crippen LogP contribution is -2.37. The summed E-state index contributed by atoms with van der Waals surface area (Å²) in [4.78, 5) is 30.3. The molecule has 0 aliphatic heterocycles. The Labute approximate surface area is 159 Å². The maximum Gasteiger partial charge on any atom is 0.280 e.